The summed E-state index contributed by atoms with van der Waals surface area (Å²) in [5.74, 6) is -3.78. The standard InChI is InChI=1S/C13H13F4NO2/c14-10-4-2-1-3-8(10)5-9-6-18-7-12(9,11(19)20)13(15,16)17/h1-4,9,18H,5-7H2,(H,19,20)/t9-,12+/m0/s1. The van der Waals surface area contributed by atoms with Crippen LogP contribution in [0, 0.1) is 17.2 Å². The second-order valence-corrected chi connectivity index (χ2v) is 4.90. The first kappa shape index (κ1) is 14.8. The molecule has 0 radical (unpaired) electrons. The van der Waals surface area contributed by atoms with Gasteiger partial charge in [-0.1, -0.05) is 18.2 Å². The van der Waals surface area contributed by atoms with E-state index >= 15 is 0 Å². The van der Waals surface area contributed by atoms with Crippen molar-refractivity contribution in [3.8, 4) is 0 Å². The van der Waals surface area contributed by atoms with Gasteiger partial charge in [0.15, 0.2) is 5.41 Å². The fraction of sp³-hybridized carbons (Fsp3) is 0.462. The maximum absolute atomic E-state index is 13.5. The number of alkyl halides is 3. The van der Waals surface area contributed by atoms with E-state index in [1.807, 2.05) is 0 Å². The number of benzene rings is 1. The van der Waals surface area contributed by atoms with Crippen LogP contribution in [-0.2, 0) is 11.2 Å². The zero-order chi connectivity index (χ0) is 15.0. The first-order chi connectivity index (χ1) is 9.29. The number of carboxylic acid groups (broad SMARTS) is 1. The zero-order valence-corrected chi connectivity index (χ0v) is 10.4. The van der Waals surface area contributed by atoms with Crippen LogP contribution in [-0.4, -0.2) is 30.3 Å². The Kier molecular flexibility index (Phi) is 3.73. The van der Waals surface area contributed by atoms with E-state index in [0.29, 0.717) is 0 Å². The van der Waals surface area contributed by atoms with Crippen molar-refractivity contribution in [3.05, 3.63) is 35.6 Å². The van der Waals surface area contributed by atoms with Gasteiger partial charge >= 0.3 is 12.1 Å². The lowest BCUT2D eigenvalue weighted by Crippen LogP contribution is -2.51. The molecule has 0 aliphatic carbocycles. The SMILES string of the molecule is O=C(O)[C@@]1(C(F)(F)F)CNC[C@@H]1Cc1ccccc1F. The molecule has 1 heterocycles. The van der Waals surface area contributed by atoms with Gasteiger partial charge in [0.25, 0.3) is 0 Å². The van der Waals surface area contributed by atoms with Crippen LogP contribution in [0.25, 0.3) is 0 Å². The van der Waals surface area contributed by atoms with Crippen molar-refractivity contribution < 1.29 is 27.5 Å². The quantitative estimate of drug-likeness (QED) is 0.840. The second-order valence-electron chi connectivity index (χ2n) is 4.90. The smallest absolute Gasteiger partial charge is 0.406 e. The molecule has 2 atom stereocenters. The van der Waals surface area contributed by atoms with Gasteiger partial charge in [0, 0.05) is 12.5 Å². The first-order valence-corrected chi connectivity index (χ1v) is 6.03. The van der Waals surface area contributed by atoms with Crippen molar-refractivity contribution in [1.82, 2.24) is 5.32 Å². The van der Waals surface area contributed by atoms with Crippen molar-refractivity contribution >= 4 is 5.97 Å². The van der Waals surface area contributed by atoms with Crippen LogP contribution in [0.3, 0.4) is 0 Å². The maximum atomic E-state index is 13.5. The van der Waals surface area contributed by atoms with Gasteiger partial charge in [-0.05, 0) is 24.6 Å². The molecule has 1 aromatic carbocycles. The van der Waals surface area contributed by atoms with Crippen molar-refractivity contribution in [1.29, 1.82) is 0 Å². The van der Waals surface area contributed by atoms with Crippen molar-refractivity contribution in [2.75, 3.05) is 13.1 Å². The molecule has 0 saturated carbocycles. The van der Waals surface area contributed by atoms with Crippen LogP contribution in [0.15, 0.2) is 24.3 Å². The fourth-order valence-corrected chi connectivity index (χ4v) is 2.64. The number of carbonyl (C=O) groups is 1. The Balaban J connectivity index is 2.35. The van der Waals surface area contributed by atoms with Gasteiger partial charge in [-0.2, -0.15) is 13.2 Å². The monoisotopic (exact) mass is 291 g/mol. The van der Waals surface area contributed by atoms with Gasteiger partial charge in [0.2, 0.25) is 0 Å². The number of halogens is 4. The lowest BCUT2D eigenvalue weighted by molar-refractivity contribution is -0.236. The van der Waals surface area contributed by atoms with E-state index in [1.165, 1.54) is 18.2 Å². The number of hydrogen-bond donors (Lipinski definition) is 2. The molecule has 20 heavy (non-hydrogen) atoms. The van der Waals surface area contributed by atoms with Gasteiger partial charge in [0.05, 0.1) is 0 Å². The van der Waals surface area contributed by atoms with E-state index < -0.39 is 35.8 Å². The molecule has 2 N–H and O–H groups in total. The van der Waals surface area contributed by atoms with E-state index in [-0.39, 0.29) is 18.5 Å². The van der Waals surface area contributed by atoms with Crippen LogP contribution >= 0.6 is 0 Å². The van der Waals surface area contributed by atoms with E-state index in [0.717, 1.165) is 6.07 Å². The van der Waals surface area contributed by atoms with E-state index in [9.17, 15) is 22.4 Å². The predicted molar refractivity (Wildman–Crippen MR) is 62.6 cm³/mol. The third-order valence-corrected chi connectivity index (χ3v) is 3.80. The summed E-state index contributed by atoms with van der Waals surface area (Å²) in [6.07, 6.45) is -5.16. The van der Waals surface area contributed by atoms with Crippen LogP contribution in [0.4, 0.5) is 17.6 Å². The van der Waals surface area contributed by atoms with E-state index in [4.69, 9.17) is 5.11 Å². The highest BCUT2D eigenvalue weighted by molar-refractivity contribution is 5.77. The topological polar surface area (TPSA) is 49.3 Å². The average molecular weight is 291 g/mol. The zero-order valence-electron chi connectivity index (χ0n) is 10.4. The predicted octanol–water partition coefficient (Wildman–Crippen LogP) is 2.22. The molecular formula is C13H13F4NO2. The van der Waals surface area contributed by atoms with Crippen LogP contribution < -0.4 is 5.32 Å². The molecule has 0 aromatic heterocycles. The summed E-state index contributed by atoms with van der Waals surface area (Å²) in [6, 6.07) is 5.46. The summed E-state index contributed by atoms with van der Waals surface area (Å²) in [7, 11) is 0. The Hall–Kier alpha value is -1.63. The lowest BCUT2D eigenvalue weighted by atomic mass is 9.74. The molecule has 0 unspecified atom stereocenters. The van der Waals surface area contributed by atoms with Gasteiger partial charge in [0.1, 0.15) is 5.82 Å². The molecule has 1 saturated heterocycles. The highest BCUT2D eigenvalue weighted by atomic mass is 19.4. The molecular weight excluding hydrogens is 278 g/mol. The fourth-order valence-electron chi connectivity index (χ4n) is 2.64. The molecule has 110 valence electrons. The average Bonchev–Trinajstić information content (AvgIpc) is 2.76. The van der Waals surface area contributed by atoms with E-state index in [1.54, 1.807) is 0 Å². The normalized spacial score (nSPS) is 26.7. The molecule has 3 nitrogen and oxygen atoms in total. The Morgan fingerprint density at radius 3 is 2.60 bits per heavy atom. The molecule has 1 aliphatic heterocycles. The minimum Gasteiger partial charge on any atom is -0.481 e. The van der Waals surface area contributed by atoms with Gasteiger partial charge in [-0.15, -0.1) is 0 Å². The number of nitrogens with one attached hydrogen (secondary N) is 1. The summed E-state index contributed by atoms with van der Waals surface area (Å²) in [5.41, 5.74) is -2.77. The summed E-state index contributed by atoms with van der Waals surface area (Å²) < 4.78 is 53.2. The Labute approximate surface area is 112 Å². The molecule has 1 fully saturated rings. The number of rotatable bonds is 3. The minimum absolute atomic E-state index is 0.0936. The highest BCUT2D eigenvalue weighted by Gasteiger charge is 2.66. The van der Waals surface area contributed by atoms with Crippen LogP contribution in [0.5, 0.6) is 0 Å². The van der Waals surface area contributed by atoms with Crippen molar-refractivity contribution in [2.24, 2.45) is 11.3 Å². The number of aliphatic carboxylic acids is 1. The minimum atomic E-state index is -4.89. The van der Waals surface area contributed by atoms with Gasteiger partial charge < -0.3 is 10.4 Å². The molecule has 2 rings (SSSR count). The molecule has 7 heteroatoms. The highest BCUT2D eigenvalue weighted by Crippen LogP contribution is 2.47. The van der Waals surface area contributed by atoms with Crippen LogP contribution in [0.2, 0.25) is 0 Å². The third kappa shape index (κ3) is 2.26. The van der Waals surface area contributed by atoms with Crippen molar-refractivity contribution in [2.45, 2.75) is 12.6 Å². The molecule has 1 aliphatic rings. The van der Waals surface area contributed by atoms with Gasteiger partial charge in [-0.25, -0.2) is 4.39 Å². The van der Waals surface area contributed by atoms with Crippen LogP contribution in [0.1, 0.15) is 5.56 Å². The molecule has 0 amide bonds. The second kappa shape index (κ2) is 5.05. The summed E-state index contributed by atoms with van der Waals surface area (Å²) in [4.78, 5) is 11.2. The maximum Gasteiger partial charge on any atom is 0.406 e. The molecule has 0 spiro atoms. The van der Waals surface area contributed by atoms with E-state index in [2.05, 4.69) is 5.32 Å². The lowest BCUT2D eigenvalue weighted by Gasteiger charge is -2.32. The molecule has 0 bridgehead atoms. The first-order valence-electron chi connectivity index (χ1n) is 6.03. The largest absolute Gasteiger partial charge is 0.481 e. The third-order valence-electron chi connectivity index (χ3n) is 3.80. The van der Waals surface area contributed by atoms with Crippen molar-refractivity contribution in [3.63, 3.8) is 0 Å². The van der Waals surface area contributed by atoms with Gasteiger partial charge in [-0.3, -0.25) is 4.79 Å². The molecule has 1 aromatic rings. The summed E-state index contributed by atoms with van der Waals surface area (Å²) in [6.45, 7) is -0.800. The summed E-state index contributed by atoms with van der Waals surface area (Å²) >= 11 is 0. The number of carboxylic acids is 1. The summed E-state index contributed by atoms with van der Waals surface area (Å²) in [5, 5.41) is 11.5. The number of hydrogen-bond acceptors (Lipinski definition) is 2. The Morgan fingerprint density at radius 2 is 2.05 bits per heavy atom. The Bertz CT molecular complexity index is 517. The Morgan fingerprint density at radius 1 is 1.40 bits per heavy atom.